The van der Waals surface area contributed by atoms with Crippen molar-refractivity contribution >= 4 is 43.1 Å². The number of rotatable bonds is 0. The lowest BCUT2D eigenvalue weighted by molar-refractivity contribution is 1.76. The van der Waals surface area contributed by atoms with Crippen LogP contribution < -0.4 is 0 Å². The van der Waals surface area contributed by atoms with Crippen molar-refractivity contribution in [2.45, 2.75) is 0 Å². The molecule has 0 saturated carbocycles. The average Bonchev–Trinajstić information content (AvgIpc) is 2.71. The summed E-state index contributed by atoms with van der Waals surface area (Å²) in [6, 6.07) is 51.6. The minimum absolute atomic E-state index is 1.22. The highest BCUT2D eigenvalue weighted by Gasteiger charge is 2.05. The lowest BCUT2D eigenvalue weighted by Gasteiger charge is -2.07. The minimum Gasteiger partial charge on any atom is -0.0622 e. The van der Waals surface area contributed by atoms with Crippen LogP contribution in [-0.2, 0) is 0 Å². The largest absolute Gasteiger partial charge is 0.0622 e. The Morgan fingerprint density at radius 1 is 0.156 bits per heavy atom. The molecule has 5 rings (SSSR count). The smallest absolute Gasteiger partial charge is 0.00990 e. The van der Waals surface area contributed by atoms with Crippen molar-refractivity contribution in [1.82, 2.24) is 0 Å². The molecule has 152 valence electrons. The Labute approximate surface area is 188 Å². The van der Waals surface area contributed by atoms with Gasteiger partial charge in [-0.2, -0.15) is 0 Å². The maximum atomic E-state index is 2.24. The Morgan fingerprint density at radius 2 is 0.281 bits per heavy atom. The van der Waals surface area contributed by atoms with Crippen LogP contribution in [0.4, 0.5) is 0 Å². The molecule has 0 bridgehead atoms. The molecule has 0 nitrogen and oxygen atoms in total. The van der Waals surface area contributed by atoms with Crippen LogP contribution in [0.15, 0.2) is 146 Å². The van der Waals surface area contributed by atoms with E-state index >= 15 is 0 Å². The van der Waals surface area contributed by atoms with Crippen LogP contribution in [0.5, 0.6) is 0 Å². The number of hydrogen-bond acceptors (Lipinski definition) is 0. The van der Waals surface area contributed by atoms with E-state index in [0.717, 1.165) is 0 Å². The molecule has 0 aromatic heterocycles. The molecular weight excluding hydrogens is 384 g/mol. The van der Waals surface area contributed by atoms with Crippen LogP contribution in [0, 0.1) is 0 Å². The molecule has 0 spiro atoms. The lowest BCUT2D eigenvalue weighted by atomic mass is 9.96. The van der Waals surface area contributed by atoms with Gasteiger partial charge >= 0.3 is 0 Å². The van der Waals surface area contributed by atoms with Crippen molar-refractivity contribution in [3.8, 4) is 0 Å². The highest BCUT2D eigenvalue weighted by Crippen LogP contribution is 2.33. The normalized spacial score (nSPS) is 10.5. The molecule has 0 N–H and O–H groups in total. The van der Waals surface area contributed by atoms with Crippen LogP contribution in [-0.4, -0.2) is 0 Å². The van der Waals surface area contributed by atoms with Crippen molar-refractivity contribution in [3.05, 3.63) is 146 Å². The quantitative estimate of drug-likeness (QED) is 0.240. The van der Waals surface area contributed by atoms with E-state index in [4.69, 9.17) is 0 Å². The second kappa shape index (κ2) is 9.32. The average molecular weight is 409 g/mol. The van der Waals surface area contributed by atoms with Crippen LogP contribution in [0.1, 0.15) is 0 Å². The molecule has 0 heteroatoms. The third kappa shape index (κ3) is 3.91. The Bertz CT molecular complexity index is 1180. The van der Waals surface area contributed by atoms with Gasteiger partial charge in [-0.3, -0.25) is 0 Å². The van der Waals surface area contributed by atoms with Gasteiger partial charge in [-0.25, -0.2) is 0 Å². The minimum atomic E-state index is 1.22. The fraction of sp³-hybridized carbons (Fsp3) is 0. The van der Waals surface area contributed by atoms with Crippen LogP contribution in [0.2, 0.25) is 0 Å². The van der Waals surface area contributed by atoms with E-state index in [1.54, 1.807) is 0 Å². The maximum Gasteiger partial charge on any atom is -0.00990 e. The Kier molecular flexibility index (Phi) is 5.76. The molecule has 0 aliphatic carbocycles. The molecule has 5 aromatic rings. The summed E-state index contributed by atoms with van der Waals surface area (Å²) in [4.78, 5) is 0. The molecule has 0 atom stereocenters. The molecule has 0 heterocycles. The Morgan fingerprint density at radius 3 is 0.406 bits per heavy atom. The highest BCUT2D eigenvalue weighted by molar-refractivity contribution is 6.25. The predicted octanol–water partition coefficient (Wildman–Crippen LogP) is 9.11. The standard InChI is InChI=1S/C32H24/c1-2-10-18-26-25(17-9-1)27-19-11-3-4-13-21-29(27)31-23-15-7-8-16-24-32(31)30-22-14-6-5-12-20-28(26)30/h1-24H. The summed E-state index contributed by atoms with van der Waals surface area (Å²) in [6.07, 6.45) is 0. The fourth-order valence-electron chi connectivity index (χ4n) is 4.32. The third-order valence-electron chi connectivity index (χ3n) is 5.76. The molecule has 0 unspecified atom stereocenters. The van der Waals surface area contributed by atoms with E-state index in [1.165, 1.54) is 43.1 Å². The zero-order chi connectivity index (χ0) is 21.6. The summed E-state index contributed by atoms with van der Waals surface area (Å²) in [5.41, 5.74) is 0. The fourth-order valence-corrected chi connectivity index (χ4v) is 4.32. The summed E-state index contributed by atoms with van der Waals surface area (Å²) < 4.78 is 0. The first-order chi connectivity index (χ1) is 15.9. The first-order valence-electron chi connectivity index (χ1n) is 11.0. The van der Waals surface area contributed by atoms with Gasteiger partial charge in [-0.05, 0) is 43.1 Å². The first-order valence-corrected chi connectivity index (χ1v) is 11.0. The summed E-state index contributed by atoms with van der Waals surface area (Å²) in [6.45, 7) is 0. The lowest BCUT2D eigenvalue weighted by Crippen LogP contribution is -1.79. The maximum absolute atomic E-state index is 2.24. The van der Waals surface area contributed by atoms with E-state index < -0.39 is 0 Å². The van der Waals surface area contributed by atoms with Crippen molar-refractivity contribution in [2.75, 3.05) is 0 Å². The molecule has 0 fully saturated rings. The van der Waals surface area contributed by atoms with Crippen LogP contribution in [0.3, 0.4) is 0 Å². The highest BCUT2D eigenvalue weighted by atomic mass is 14.1. The van der Waals surface area contributed by atoms with Crippen LogP contribution in [0.25, 0.3) is 43.1 Å². The zero-order valence-electron chi connectivity index (χ0n) is 17.9. The zero-order valence-corrected chi connectivity index (χ0v) is 17.9. The van der Waals surface area contributed by atoms with Gasteiger partial charge in [0.05, 0.1) is 0 Å². The summed E-state index contributed by atoms with van der Waals surface area (Å²) in [7, 11) is 0. The van der Waals surface area contributed by atoms with E-state index in [0.29, 0.717) is 0 Å². The Hall–Kier alpha value is -4.16. The van der Waals surface area contributed by atoms with Crippen molar-refractivity contribution in [1.29, 1.82) is 0 Å². The number of fused-ring (bicyclic) bond motifs is 8. The van der Waals surface area contributed by atoms with Gasteiger partial charge in [0, 0.05) is 0 Å². The SMILES string of the molecule is c1cccc2c(cc1)c1ccccccc1c1ccccccc1c1ccccccc21. The Balaban J connectivity index is 2.33. The van der Waals surface area contributed by atoms with Gasteiger partial charge in [-0.1, -0.05) is 146 Å². The molecule has 0 aliphatic heterocycles. The third-order valence-corrected chi connectivity index (χ3v) is 5.76. The van der Waals surface area contributed by atoms with Gasteiger partial charge < -0.3 is 0 Å². The summed E-state index contributed by atoms with van der Waals surface area (Å²) >= 11 is 0. The molecule has 0 radical (unpaired) electrons. The van der Waals surface area contributed by atoms with E-state index in [1.807, 2.05) is 0 Å². The molecule has 0 saturated heterocycles. The van der Waals surface area contributed by atoms with Crippen LogP contribution >= 0.6 is 0 Å². The van der Waals surface area contributed by atoms with Gasteiger partial charge in [0.15, 0.2) is 0 Å². The topological polar surface area (TPSA) is 0 Å². The predicted molar refractivity (Wildman–Crippen MR) is 141 cm³/mol. The summed E-state index contributed by atoms with van der Waals surface area (Å²) in [5, 5.41) is 9.73. The monoisotopic (exact) mass is 408 g/mol. The van der Waals surface area contributed by atoms with E-state index in [-0.39, 0.29) is 0 Å². The van der Waals surface area contributed by atoms with E-state index in [9.17, 15) is 0 Å². The second-order valence-corrected chi connectivity index (χ2v) is 7.72. The van der Waals surface area contributed by atoms with Gasteiger partial charge in [0.25, 0.3) is 0 Å². The van der Waals surface area contributed by atoms with Gasteiger partial charge in [-0.15, -0.1) is 0 Å². The van der Waals surface area contributed by atoms with Gasteiger partial charge in [0.2, 0.25) is 0 Å². The molecule has 0 aliphatic rings. The number of hydrogen-bond donors (Lipinski definition) is 0. The molecule has 0 amide bonds. The van der Waals surface area contributed by atoms with Crippen molar-refractivity contribution < 1.29 is 0 Å². The second-order valence-electron chi connectivity index (χ2n) is 7.72. The molecule has 32 heavy (non-hydrogen) atoms. The van der Waals surface area contributed by atoms with E-state index in [2.05, 4.69) is 146 Å². The summed E-state index contributed by atoms with van der Waals surface area (Å²) in [5.74, 6) is 0. The van der Waals surface area contributed by atoms with Crippen molar-refractivity contribution in [2.24, 2.45) is 0 Å². The molecule has 5 aromatic carbocycles. The first kappa shape index (κ1) is 19.8. The van der Waals surface area contributed by atoms with Crippen molar-refractivity contribution in [3.63, 3.8) is 0 Å². The molecular formula is C32H24. The van der Waals surface area contributed by atoms with Gasteiger partial charge in [0.1, 0.15) is 0 Å².